The second-order valence-corrected chi connectivity index (χ2v) is 15.4. The van der Waals surface area contributed by atoms with Gasteiger partial charge in [-0.2, -0.15) is 11.8 Å². The smallest absolute Gasteiger partial charge is 0.326 e. The number of carbonyl (C=O) groups is 2. The summed E-state index contributed by atoms with van der Waals surface area (Å²) in [5, 5.41) is 12.3. The average Bonchev–Trinajstić information content (AvgIpc) is 3.31. The molecule has 0 bridgehead atoms. The average molecular weight is 615 g/mol. The second kappa shape index (κ2) is 14.9. The van der Waals surface area contributed by atoms with Gasteiger partial charge in [0.15, 0.2) is 0 Å². The van der Waals surface area contributed by atoms with Crippen LogP contribution in [-0.4, -0.2) is 72.4 Å². The SMILES string of the molecule is CSC[C@@H]1CCC(CC2CCCCC2)N1Cc1ccc(C(=O)N[C@@H](CCS(C)(=O)=O)C(=O)O)c(-c2ccccc2C)c1. The number of amides is 1. The van der Waals surface area contributed by atoms with Gasteiger partial charge in [-0.15, -0.1) is 0 Å². The Morgan fingerprint density at radius 2 is 1.74 bits per heavy atom. The Labute approximate surface area is 255 Å². The molecule has 230 valence electrons. The standard InChI is InChI=1S/C33H46N2O5S2/c1-23-9-7-8-12-28(23)30-20-25(13-16-29(30)32(36)34-31(33(37)38)17-18-42(3,39)40)21-35-26(14-15-27(35)22-41-2)19-24-10-5-4-6-11-24/h7-9,12-13,16,20,24,26-27,31H,4-6,10-11,14-15,17-19,21-22H2,1-3H3,(H,34,36)(H,37,38)/t26?,27-,31-/m0/s1. The van der Waals surface area contributed by atoms with Crippen LogP contribution in [0.4, 0.5) is 0 Å². The number of carboxylic acids is 1. The van der Waals surface area contributed by atoms with Gasteiger partial charge in [-0.3, -0.25) is 9.69 Å². The first-order chi connectivity index (χ1) is 20.1. The molecule has 2 N–H and O–H groups in total. The van der Waals surface area contributed by atoms with E-state index in [-0.39, 0.29) is 12.2 Å². The van der Waals surface area contributed by atoms with E-state index < -0.39 is 27.8 Å². The third-order valence-corrected chi connectivity index (χ3v) is 10.7. The first kappa shape index (κ1) is 32.6. The number of likely N-dealkylation sites (tertiary alicyclic amines) is 1. The monoisotopic (exact) mass is 614 g/mol. The molecule has 1 aliphatic heterocycles. The van der Waals surface area contributed by atoms with E-state index in [0.717, 1.165) is 46.7 Å². The van der Waals surface area contributed by atoms with Crippen molar-refractivity contribution in [2.24, 2.45) is 5.92 Å². The fraction of sp³-hybridized carbons (Fsp3) is 0.576. The highest BCUT2D eigenvalue weighted by molar-refractivity contribution is 7.98. The van der Waals surface area contributed by atoms with E-state index >= 15 is 0 Å². The number of sulfone groups is 1. The zero-order valence-corrected chi connectivity index (χ0v) is 26.8. The van der Waals surface area contributed by atoms with Crippen LogP contribution in [0, 0.1) is 12.8 Å². The number of carboxylic acid groups (broad SMARTS) is 1. The van der Waals surface area contributed by atoms with Crippen molar-refractivity contribution in [3.05, 3.63) is 59.2 Å². The number of nitrogens with one attached hydrogen (secondary N) is 1. The summed E-state index contributed by atoms with van der Waals surface area (Å²) in [4.78, 5) is 28.1. The molecule has 42 heavy (non-hydrogen) atoms. The number of hydrogen-bond acceptors (Lipinski definition) is 6. The number of thioether (sulfide) groups is 1. The highest BCUT2D eigenvalue weighted by Crippen LogP contribution is 2.37. The number of hydrogen-bond donors (Lipinski definition) is 2. The van der Waals surface area contributed by atoms with Gasteiger partial charge < -0.3 is 10.4 Å². The molecular weight excluding hydrogens is 569 g/mol. The number of nitrogens with zero attached hydrogens (tertiary/aromatic N) is 1. The number of carbonyl (C=O) groups excluding carboxylic acids is 1. The fourth-order valence-electron chi connectivity index (χ4n) is 6.73. The summed E-state index contributed by atoms with van der Waals surface area (Å²) in [7, 11) is -3.37. The molecule has 2 aromatic carbocycles. The molecule has 1 saturated carbocycles. The van der Waals surface area contributed by atoms with Gasteiger partial charge in [0.2, 0.25) is 0 Å². The van der Waals surface area contributed by atoms with Crippen LogP contribution in [-0.2, 0) is 21.2 Å². The highest BCUT2D eigenvalue weighted by atomic mass is 32.2. The van der Waals surface area contributed by atoms with Crippen LogP contribution < -0.4 is 5.32 Å². The molecular formula is C33H46N2O5S2. The lowest BCUT2D eigenvalue weighted by Crippen LogP contribution is -2.42. The van der Waals surface area contributed by atoms with E-state index in [1.54, 1.807) is 6.07 Å². The Hall–Kier alpha value is -2.36. The first-order valence-electron chi connectivity index (χ1n) is 15.2. The molecule has 2 aliphatic rings. The molecule has 1 aliphatic carbocycles. The van der Waals surface area contributed by atoms with Crippen molar-refractivity contribution < 1.29 is 23.1 Å². The van der Waals surface area contributed by atoms with E-state index in [9.17, 15) is 23.1 Å². The quantitative estimate of drug-likeness (QED) is 0.288. The van der Waals surface area contributed by atoms with Gasteiger partial charge in [-0.05, 0) is 79.2 Å². The number of rotatable bonds is 13. The van der Waals surface area contributed by atoms with Crippen LogP contribution in [0.25, 0.3) is 11.1 Å². The van der Waals surface area contributed by atoms with Crippen molar-refractivity contribution in [3.8, 4) is 11.1 Å². The van der Waals surface area contributed by atoms with Gasteiger partial charge in [-0.25, -0.2) is 13.2 Å². The van der Waals surface area contributed by atoms with Crippen molar-refractivity contribution in [1.29, 1.82) is 0 Å². The molecule has 1 unspecified atom stereocenters. The third-order valence-electron chi connectivity index (χ3n) is 8.97. The summed E-state index contributed by atoms with van der Waals surface area (Å²) in [5.74, 6) is -0.159. The van der Waals surface area contributed by atoms with Gasteiger partial charge in [0.1, 0.15) is 15.9 Å². The molecule has 4 rings (SSSR count). The molecule has 2 fully saturated rings. The van der Waals surface area contributed by atoms with Crippen molar-refractivity contribution in [1.82, 2.24) is 10.2 Å². The Bertz CT molecular complexity index is 1340. The Morgan fingerprint density at radius 1 is 1.02 bits per heavy atom. The summed E-state index contributed by atoms with van der Waals surface area (Å²) in [6.07, 6.45) is 13.5. The molecule has 1 saturated heterocycles. The summed E-state index contributed by atoms with van der Waals surface area (Å²) >= 11 is 1.90. The summed E-state index contributed by atoms with van der Waals surface area (Å²) in [6, 6.07) is 13.6. The van der Waals surface area contributed by atoms with E-state index in [1.165, 1.54) is 51.4 Å². The van der Waals surface area contributed by atoms with Crippen LogP contribution >= 0.6 is 11.8 Å². The van der Waals surface area contributed by atoms with Crippen LogP contribution in [0.2, 0.25) is 0 Å². The van der Waals surface area contributed by atoms with Crippen molar-refractivity contribution in [3.63, 3.8) is 0 Å². The van der Waals surface area contributed by atoms with Crippen LogP contribution in [0.1, 0.15) is 79.3 Å². The molecule has 0 radical (unpaired) electrons. The maximum atomic E-state index is 13.5. The lowest BCUT2D eigenvalue weighted by Gasteiger charge is -2.33. The van der Waals surface area contributed by atoms with E-state index in [2.05, 4.69) is 22.5 Å². The lowest BCUT2D eigenvalue weighted by molar-refractivity contribution is -0.139. The van der Waals surface area contributed by atoms with Crippen molar-refractivity contribution >= 4 is 33.5 Å². The number of aliphatic carboxylic acids is 1. The molecule has 0 spiro atoms. The minimum absolute atomic E-state index is 0.189. The van der Waals surface area contributed by atoms with Gasteiger partial charge >= 0.3 is 5.97 Å². The fourth-order valence-corrected chi connectivity index (χ4v) is 8.13. The molecule has 1 heterocycles. The minimum atomic E-state index is -3.37. The van der Waals surface area contributed by atoms with E-state index in [0.29, 0.717) is 17.6 Å². The molecule has 7 nitrogen and oxygen atoms in total. The van der Waals surface area contributed by atoms with Crippen molar-refractivity contribution in [2.75, 3.05) is 24.0 Å². The Morgan fingerprint density at radius 3 is 2.40 bits per heavy atom. The largest absolute Gasteiger partial charge is 0.480 e. The molecule has 3 atom stereocenters. The zero-order valence-electron chi connectivity index (χ0n) is 25.2. The maximum absolute atomic E-state index is 13.5. The maximum Gasteiger partial charge on any atom is 0.326 e. The van der Waals surface area contributed by atoms with Gasteiger partial charge in [0, 0.05) is 36.2 Å². The zero-order chi connectivity index (χ0) is 30.3. The van der Waals surface area contributed by atoms with Crippen LogP contribution in [0.15, 0.2) is 42.5 Å². The topological polar surface area (TPSA) is 104 Å². The second-order valence-electron chi connectivity index (χ2n) is 12.2. The van der Waals surface area contributed by atoms with Crippen molar-refractivity contribution in [2.45, 2.75) is 89.4 Å². The summed E-state index contributed by atoms with van der Waals surface area (Å²) < 4.78 is 23.3. The first-order valence-corrected chi connectivity index (χ1v) is 18.7. The minimum Gasteiger partial charge on any atom is -0.480 e. The Balaban J connectivity index is 1.62. The van der Waals surface area contributed by atoms with Gasteiger partial charge in [0.05, 0.1) is 5.75 Å². The van der Waals surface area contributed by atoms with Gasteiger partial charge in [0.25, 0.3) is 5.91 Å². The molecule has 9 heteroatoms. The lowest BCUT2D eigenvalue weighted by atomic mass is 9.84. The predicted octanol–water partition coefficient (Wildman–Crippen LogP) is 5.95. The highest BCUT2D eigenvalue weighted by Gasteiger charge is 2.35. The van der Waals surface area contributed by atoms with E-state index in [4.69, 9.17) is 0 Å². The van der Waals surface area contributed by atoms with Gasteiger partial charge in [-0.1, -0.05) is 62.4 Å². The summed E-state index contributed by atoms with van der Waals surface area (Å²) in [5.41, 5.74) is 4.23. The Kier molecular flexibility index (Phi) is 11.5. The summed E-state index contributed by atoms with van der Waals surface area (Å²) in [6.45, 7) is 2.82. The number of benzene rings is 2. The molecule has 1 amide bonds. The van der Waals surface area contributed by atoms with Crippen LogP contribution in [0.3, 0.4) is 0 Å². The van der Waals surface area contributed by atoms with Crippen LogP contribution in [0.5, 0.6) is 0 Å². The number of aryl methyl sites for hydroxylation is 1. The predicted molar refractivity (Wildman–Crippen MR) is 172 cm³/mol. The third kappa shape index (κ3) is 8.83. The normalized spacial score (nSPS) is 20.8. The van der Waals surface area contributed by atoms with E-state index in [1.807, 2.05) is 49.0 Å². The molecule has 0 aromatic heterocycles. The molecule has 2 aromatic rings.